The second-order valence-corrected chi connectivity index (χ2v) is 17.7. The molecule has 0 saturated carbocycles. The van der Waals surface area contributed by atoms with E-state index in [1.54, 1.807) is 0 Å². The second-order valence-electron chi connectivity index (χ2n) is 17.7. The van der Waals surface area contributed by atoms with Crippen LogP contribution in [0.1, 0.15) is 11.1 Å². The molecule has 4 aromatic heterocycles. The highest BCUT2D eigenvalue weighted by Gasteiger charge is 2.19. The van der Waals surface area contributed by atoms with Gasteiger partial charge in [-0.1, -0.05) is 158 Å². The molecular formula is C62H42N4. The first-order valence-electron chi connectivity index (χ1n) is 22.9. The van der Waals surface area contributed by atoms with Crippen molar-refractivity contribution in [2.24, 2.45) is 0 Å². The number of fused-ring (bicyclic) bond motifs is 12. The zero-order valence-electron chi connectivity index (χ0n) is 36.1. The lowest BCUT2D eigenvalue weighted by Crippen LogP contribution is -2.02. The van der Waals surface area contributed by atoms with E-state index >= 15 is 0 Å². The van der Waals surface area contributed by atoms with Gasteiger partial charge in [0.25, 0.3) is 0 Å². The van der Waals surface area contributed by atoms with Crippen LogP contribution in [-0.4, -0.2) is 18.3 Å². The van der Waals surface area contributed by atoms with Crippen LogP contribution in [0.4, 0.5) is 0 Å². The van der Waals surface area contributed by atoms with Gasteiger partial charge in [0.05, 0.1) is 27.6 Å². The molecule has 0 fully saturated rings. The molecule has 66 heavy (non-hydrogen) atoms. The zero-order valence-corrected chi connectivity index (χ0v) is 36.1. The number of aromatic nitrogens is 4. The predicted octanol–water partition coefficient (Wildman–Crippen LogP) is 15.9. The van der Waals surface area contributed by atoms with Crippen LogP contribution in [0, 0.1) is 0 Å². The summed E-state index contributed by atoms with van der Waals surface area (Å²) in [7, 11) is 0. The van der Waals surface area contributed by atoms with Gasteiger partial charge in [0, 0.05) is 84.1 Å². The maximum absolute atomic E-state index is 2.50. The van der Waals surface area contributed by atoms with Gasteiger partial charge in [-0.2, -0.15) is 0 Å². The van der Waals surface area contributed by atoms with Gasteiger partial charge in [-0.05, 0) is 95.1 Å². The van der Waals surface area contributed by atoms with E-state index in [4.69, 9.17) is 0 Å². The van der Waals surface area contributed by atoms with Crippen LogP contribution in [0.5, 0.6) is 0 Å². The Morgan fingerprint density at radius 1 is 0.258 bits per heavy atom. The van der Waals surface area contributed by atoms with E-state index in [0.29, 0.717) is 0 Å². The standard InChI is InChI=1S/C62H42N4/c1-7-24-54-47(17-1)48-18-2-8-25-55(48)63(54)39-41-31-33-42(34-32-41)40-64-56-26-9-6-22-52(56)62-46(23-14-30-61(62)64)43-35-36-60-53(37-43)51-21-5-12-29-59(51)66(60)45-16-13-15-44(38-45)65-57-27-10-3-19-49(57)50-20-4-11-28-58(50)65/h1-38H,39-40H2. The Kier molecular flexibility index (Phi) is 8.07. The molecule has 4 heteroatoms. The third-order valence-electron chi connectivity index (χ3n) is 14.1. The maximum Gasteiger partial charge on any atom is 0.0541 e. The number of para-hydroxylation sites is 6. The molecule has 0 aliphatic carbocycles. The van der Waals surface area contributed by atoms with Gasteiger partial charge >= 0.3 is 0 Å². The summed E-state index contributed by atoms with van der Waals surface area (Å²) in [4.78, 5) is 0. The summed E-state index contributed by atoms with van der Waals surface area (Å²) in [5.74, 6) is 0. The molecule has 0 amide bonds. The molecule has 0 bridgehead atoms. The molecule has 0 atom stereocenters. The molecule has 0 radical (unpaired) electrons. The van der Waals surface area contributed by atoms with Gasteiger partial charge < -0.3 is 18.3 Å². The average molecular weight is 843 g/mol. The highest BCUT2D eigenvalue weighted by molar-refractivity contribution is 6.17. The maximum atomic E-state index is 2.50. The number of nitrogens with zero attached hydrogens (tertiary/aromatic N) is 4. The predicted molar refractivity (Wildman–Crippen MR) is 278 cm³/mol. The van der Waals surface area contributed by atoms with Crippen LogP contribution in [0.2, 0.25) is 0 Å². The molecule has 14 rings (SSSR count). The normalized spacial score (nSPS) is 12.1. The number of hydrogen-bond acceptors (Lipinski definition) is 0. The summed E-state index contributed by atoms with van der Waals surface area (Å²) in [5, 5.41) is 10.2. The van der Waals surface area contributed by atoms with E-state index in [-0.39, 0.29) is 0 Å². The molecule has 4 nitrogen and oxygen atoms in total. The summed E-state index contributed by atoms with van der Waals surface area (Å²) >= 11 is 0. The summed E-state index contributed by atoms with van der Waals surface area (Å²) in [5.41, 5.74) is 17.2. The van der Waals surface area contributed by atoms with Crippen molar-refractivity contribution in [2.45, 2.75) is 13.1 Å². The summed E-state index contributed by atoms with van der Waals surface area (Å²) < 4.78 is 9.80. The molecule has 10 aromatic carbocycles. The van der Waals surface area contributed by atoms with E-state index in [9.17, 15) is 0 Å². The van der Waals surface area contributed by atoms with Crippen LogP contribution in [-0.2, 0) is 13.1 Å². The van der Waals surface area contributed by atoms with E-state index in [1.807, 2.05) is 0 Å². The molecular weight excluding hydrogens is 801 g/mol. The van der Waals surface area contributed by atoms with Gasteiger partial charge in [0.15, 0.2) is 0 Å². The van der Waals surface area contributed by atoms with Crippen molar-refractivity contribution in [3.8, 4) is 22.5 Å². The smallest absolute Gasteiger partial charge is 0.0541 e. The zero-order chi connectivity index (χ0) is 43.3. The fourth-order valence-corrected chi connectivity index (χ4v) is 11.2. The molecule has 0 unspecified atom stereocenters. The third-order valence-corrected chi connectivity index (χ3v) is 14.1. The van der Waals surface area contributed by atoms with Crippen LogP contribution >= 0.6 is 0 Å². The Balaban J connectivity index is 0.853. The average Bonchev–Trinajstić information content (AvgIpc) is 4.10. The number of rotatable bonds is 7. The molecule has 0 aliphatic heterocycles. The largest absolute Gasteiger partial charge is 0.336 e. The number of hydrogen-bond donors (Lipinski definition) is 0. The summed E-state index contributed by atoms with van der Waals surface area (Å²) in [6, 6.07) is 84.9. The van der Waals surface area contributed by atoms with Crippen LogP contribution in [0.25, 0.3) is 110 Å². The van der Waals surface area contributed by atoms with Crippen molar-refractivity contribution in [3.05, 3.63) is 242 Å². The third kappa shape index (κ3) is 5.52. The fourth-order valence-electron chi connectivity index (χ4n) is 11.2. The van der Waals surface area contributed by atoms with Crippen LogP contribution in [0.3, 0.4) is 0 Å². The van der Waals surface area contributed by atoms with Gasteiger partial charge in [-0.15, -0.1) is 0 Å². The Morgan fingerprint density at radius 3 is 1.17 bits per heavy atom. The Morgan fingerprint density at radius 2 is 0.636 bits per heavy atom. The lowest BCUT2D eigenvalue weighted by Gasteiger charge is -2.13. The monoisotopic (exact) mass is 842 g/mol. The molecule has 0 aliphatic rings. The molecule has 4 heterocycles. The van der Waals surface area contributed by atoms with Crippen molar-refractivity contribution >= 4 is 87.2 Å². The summed E-state index contributed by atoms with van der Waals surface area (Å²) in [6.45, 7) is 1.61. The van der Waals surface area contributed by atoms with Crippen molar-refractivity contribution < 1.29 is 0 Å². The quantitative estimate of drug-likeness (QED) is 0.152. The Labute approximate surface area is 381 Å². The van der Waals surface area contributed by atoms with Crippen LogP contribution in [0.15, 0.2) is 231 Å². The summed E-state index contributed by atoms with van der Waals surface area (Å²) in [6.07, 6.45) is 0. The molecule has 310 valence electrons. The fraction of sp³-hybridized carbons (Fsp3) is 0.0323. The molecule has 0 saturated heterocycles. The van der Waals surface area contributed by atoms with Gasteiger partial charge in [0.1, 0.15) is 0 Å². The van der Waals surface area contributed by atoms with E-state index in [0.717, 1.165) is 24.5 Å². The van der Waals surface area contributed by atoms with Crippen LogP contribution < -0.4 is 0 Å². The minimum absolute atomic E-state index is 0.781. The molecule has 0 spiro atoms. The van der Waals surface area contributed by atoms with Gasteiger partial charge in [-0.25, -0.2) is 0 Å². The van der Waals surface area contributed by atoms with Crippen molar-refractivity contribution in [2.75, 3.05) is 0 Å². The van der Waals surface area contributed by atoms with Crippen molar-refractivity contribution in [3.63, 3.8) is 0 Å². The second kappa shape index (κ2) is 14.5. The number of benzene rings is 10. The Bertz CT molecular complexity index is 4120. The highest BCUT2D eigenvalue weighted by atomic mass is 15.0. The Hall–Kier alpha value is -8.60. The SMILES string of the molecule is c1cc(-n2c3ccccc3c3ccccc32)cc(-n2c3ccccc3c3cc(-c4cccc5c4c4ccccc4n5Cc4ccc(Cn5c6ccccc6c6ccccc65)cc4)ccc32)c1. The minimum Gasteiger partial charge on any atom is -0.336 e. The first-order chi connectivity index (χ1) is 32.7. The first kappa shape index (κ1) is 36.8. The lowest BCUT2D eigenvalue weighted by atomic mass is 9.98. The van der Waals surface area contributed by atoms with E-state index < -0.39 is 0 Å². The molecule has 14 aromatic rings. The topological polar surface area (TPSA) is 19.7 Å². The van der Waals surface area contributed by atoms with Gasteiger partial charge in [-0.3, -0.25) is 0 Å². The van der Waals surface area contributed by atoms with E-state index in [2.05, 4.69) is 249 Å². The van der Waals surface area contributed by atoms with Crippen molar-refractivity contribution in [1.29, 1.82) is 0 Å². The highest BCUT2D eigenvalue weighted by Crippen LogP contribution is 2.41. The van der Waals surface area contributed by atoms with Crippen molar-refractivity contribution in [1.82, 2.24) is 18.3 Å². The lowest BCUT2D eigenvalue weighted by molar-refractivity contribution is 0.852. The van der Waals surface area contributed by atoms with E-state index in [1.165, 1.54) is 109 Å². The van der Waals surface area contributed by atoms with Gasteiger partial charge in [0.2, 0.25) is 0 Å². The minimum atomic E-state index is 0.781. The molecule has 0 N–H and O–H groups in total. The first-order valence-corrected chi connectivity index (χ1v) is 22.9.